The van der Waals surface area contributed by atoms with Crippen LogP contribution >= 0.6 is 24.8 Å². The van der Waals surface area contributed by atoms with E-state index < -0.39 is 5.97 Å². The number of halogens is 2. The van der Waals surface area contributed by atoms with E-state index in [1.807, 2.05) is 6.07 Å². The summed E-state index contributed by atoms with van der Waals surface area (Å²) in [4.78, 5) is 15.2. The zero-order valence-corrected chi connectivity index (χ0v) is 13.0. The van der Waals surface area contributed by atoms with Crippen molar-refractivity contribution in [1.82, 2.24) is 9.80 Å². The molecule has 6 heteroatoms. The van der Waals surface area contributed by atoms with Crippen molar-refractivity contribution in [3.63, 3.8) is 0 Å². The Labute approximate surface area is 132 Å². The molecule has 0 radical (unpaired) electrons. The van der Waals surface area contributed by atoms with Gasteiger partial charge in [-0.3, -0.25) is 9.69 Å². The van der Waals surface area contributed by atoms with Gasteiger partial charge in [0.15, 0.2) is 0 Å². The maximum atomic E-state index is 10.5. The molecular weight excluding hydrogens is 299 g/mol. The van der Waals surface area contributed by atoms with Gasteiger partial charge >= 0.3 is 5.97 Å². The molecule has 114 valence electrons. The molecule has 1 aliphatic rings. The maximum absolute atomic E-state index is 10.5. The molecule has 0 aliphatic carbocycles. The average molecular weight is 321 g/mol. The first-order valence-corrected chi connectivity index (χ1v) is 6.44. The van der Waals surface area contributed by atoms with Gasteiger partial charge in [0.25, 0.3) is 0 Å². The molecule has 2 rings (SSSR count). The summed E-state index contributed by atoms with van der Waals surface area (Å²) < 4.78 is 0. The van der Waals surface area contributed by atoms with E-state index in [0.717, 1.165) is 32.7 Å². The van der Waals surface area contributed by atoms with Crippen LogP contribution in [0.4, 0.5) is 0 Å². The molecule has 20 heavy (non-hydrogen) atoms. The van der Waals surface area contributed by atoms with Crippen LogP contribution in [0.1, 0.15) is 12.0 Å². The highest BCUT2D eigenvalue weighted by Gasteiger charge is 2.17. The molecule has 4 nitrogen and oxygen atoms in total. The zero-order chi connectivity index (χ0) is 12.8. The number of carboxylic acids is 1. The van der Waals surface area contributed by atoms with E-state index in [4.69, 9.17) is 5.11 Å². The minimum absolute atomic E-state index is 0. The number of carbonyl (C=O) groups is 1. The molecule has 0 unspecified atom stereocenters. The molecule has 1 N–H and O–H groups in total. The second-order valence-electron chi connectivity index (χ2n) is 4.75. The van der Waals surface area contributed by atoms with E-state index in [9.17, 15) is 4.79 Å². The lowest BCUT2D eigenvalue weighted by Crippen LogP contribution is -2.46. The highest BCUT2D eigenvalue weighted by molar-refractivity contribution is 5.85. The van der Waals surface area contributed by atoms with Gasteiger partial charge in [-0.05, 0) is 5.56 Å². The molecule has 1 heterocycles. The van der Waals surface area contributed by atoms with Crippen LogP contribution in [0, 0.1) is 0 Å². The van der Waals surface area contributed by atoms with Crippen LogP contribution in [-0.2, 0) is 11.3 Å². The molecule has 0 bridgehead atoms. The van der Waals surface area contributed by atoms with Crippen LogP contribution in [-0.4, -0.2) is 53.6 Å². The predicted molar refractivity (Wildman–Crippen MR) is 84.9 cm³/mol. The monoisotopic (exact) mass is 320 g/mol. The number of hydrogen-bond acceptors (Lipinski definition) is 3. The van der Waals surface area contributed by atoms with Gasteiger partial charge < -0.3 is 10.0 Å². The van der Waals surface area contributed by atoms with Gasteiger partial charge in [0.1, 0.15) is 0 Å². The summed E-state index contributed by atoms with van der Waals surface area (Å²) >= 11 is 0. The number of rotatable bonds is 5. The van der Waals surface area contributed by atoms with Crippen molar-refractivity contribution in [3.05, 3.63) is 35.9 Å². The highest BCUT2D eigenvalue weighted by Crippen LogP contribution is 2.08. The molecule has 0 atom stereocenters. The minimum atomic E-state index is -0.707. The summed E-state index contributed by atoms with van der Waals surface area (Å²) in [6.45, 7) is 5.66. The van der Waals surface area contributed by atoms with Gasteiger partial charge in [0.2, 0.25) is 0 Å². The zero-order valence-electron chi connectivity index (χ0n) is 11.4. The number of piperazine rings is 1. The fourth-order valence-electron chi connectivity index (χ4n) is 2.27. The normalized spacial score (nSPS) is 16.0. The van der Waals surface area contributed by atoms with Gasteiger partial charge in [0.05, 0.1) is 6.42 Å². The summed E-state index contributed by atoms with van der Waals surface area (Å²) in [5.41, 5.74) is 1.34. The molecule has 1 aromatic rings. The van der Waals surface area contributed by atoms with E-state index in [-0.39, 0.29) is 31.2 Å². The Bertz CT molecular complexity index is 382. The van der Waals surface area contributed by atoms with Crippen LogP contribution in [0.5, 0.6) is 0 Å². The van der Waals surface area contributed by atoms with E-state index in [1.54, 1.807) is 0 Å². The number of benzene rings is 1. The Hall–Kier alpha value is -0.810. The summed E-state index contributed by atoms with van der Waals surface area (Å²) in [6, 6.07) is 10.5. The molecule has 0 saturated carbocycles. The van der Waals surface area contributed by atoms with Gasteiger partial charge in [-0.25, -0.2) is 0 Å². The van der Waals surface area contributed by atoms with Crippen molar-refractivity contribution in [2.24, 2.45) is 0 Å². The molecule has 0 aromatic heterocycles. The first-order chi connectivity index (χ1) is 8.74. The molecule has 1 aliphatic heterocycles. The Balaban J connectivity index is 0.00000180. The number of carboxylic acid groups (broad SMARTS) is 1. The SMILES string of the molecule is Cl.Cl.O=C(O)CCN1CCN(Cc2ccccc2)CC1. The first kappa shape index (κ1) is 19.2. The van der Waals surface area contributed by atoms with Crippen molar-refractivity contribution in [2.45, 2.75) is 13.0 Å². The third-order valence-electron chi connectivity index (χ3n) is 3.36. The van der Waals surface area contributed by atoms with Crippen molar-refractivity contribution in [1.29, 1.82) is 0 Å². The number of hydrogen-bond donors (Lipinski definition) is 1. The summed E-state index contributed by atoms with van der Waals surface area (Å²) in [5.74, 6) is -0.707. The van der Waals surface area contributed by atoms with Crippen molar-refractivity contribution < 1.29 is 9.90 Å². The summed E-state index contributed by atoms with van der Waals surface area (Å²) in [6.07, 6.45) is 0.249. The van der Waals surface area contributed by atoms with Crippen molar-refractivity contribution >= 4 is 30.8 Å². The van der Waals surface area contributed by atoms with Crippen molar-refractivity contribution in [2.75, 3.05) is 32.7 Å². The van der Waals surface area contributed by atoms with Gasteiger partial charge in [-0.15, -0.1) is 24.8 Å². The van der Waals surface area contributed by atoms with E-state index in [0.29, 0.717) is 6.54 Å². The standard InChI is InChI=1S/C14H20N2O2.2ClH/c17-14(18)6-7-15-8-10-16(11-9-15)12-13-4-2-1-3-5-13;;/h1-5H,6-12H2,(H,17,18);2*1H. The summed E-state index contributed by atoms with van der Waals surface area (Å²) in [7, 11) is 0. The Morgan fingerprint density at radius 3 is 2.10 bits per heavy atom. The van der Waals surface area contributed by atoms with Crippen molar-refractivity contribution in [3.8, 4) is 0 Å². The lowest BCUT2D eigenvalue weighted by Gasteiger charge is -2.34. The quantitative estimate of drug-likeness (QED) is 0.902. The maximum Gasteiger partial charge on any atom is 0.304 e. The second-order valence-corrected chi connectivity index (χ2v) is 4.75. The second kappa shape index (κ2) is 10.00. The Kier molecular flexibility index (Phi) is 9.59. The van der Waals surface area contributed by atoms with Crippen LogP contribution in [0.25, 0.3) is 0 Å². The fourth-order valence-corrected chi connectivity index (χ4v) is 2.27. The van der Waals surface area contributed by atoms with Gasteiger partial charge in [-0.1, -0.05) is 30.3 Å². The molecule has 1 aromatic carbocycles. The molecule has 0 spiro atoms. The van der Waals surface area contributed by atoms with Crippen LogP contribution in [0.15, 0.2) is 30.3 Å². The molecular formula is C14H22Cl2N2O2. The molecule has 1 fully saturated rings. The topological polar surface area (TPSA) is 43.8 Å². The lowest BCUT2D eigenvalue weighted by molar-refractivity contribution is -0.137. The third-order valence-corrected chi connectivity index (χ3v) is 3.36. The third kappa shape index (κ3) is 6.57. The number of nitrogens with zero attached hydrogens (tertiary/aromatic N) is 2. The summed E-state index contributed by atoms with van der Waals surface area (Å²) in [5, 5.41) is 8.65. The number of aliphatic carboxylic acids is 1. The van der Waals surface area contributed by atoms with Gasteiger partial charge in [0, 0.05) is 39.3 Å². The highest BCUT2D eigenvalue weighted by atomic mass is 35.5. The van der Waals surface area contributed by atoms with Crippen LogP contribution in [0.3, 0.4) is 0 Å². The first-order valence-electron chi connectivity index (χ1n) is 6.44. The average Bonchev–Trinajstić information content (AvgIpc) is 2.39. The van der Waals surface area contributed by atoms with E-state index in [1.165, 1.54) is 5.56 Å². The largest absolute Gasteiger partial charge is 0.481 e. The van der Waals surface area contributed by atoms with E-state index in [2.05, 4.69) is 34.1 Å². The van der Waals surface area contributed by atoms with Crippen LogP contribution in [0.2, 0.25) is 0 Å². The van der Waals surface area contributed by atoms with Gasteiger partial charge in [-0.2, -0.15) is 0 Å². The van der Waals surface area contributed by atoms with E-state index >= 15 is 0 Å². The van der Waals surface area contributed by atoms with Crippen LogP contribution < -0.4 is 0 Å². The smallest absolute Gasteiger partial charge is 0.304 e. The predicted octanol–water partition coefficient (Wildman–Crippen LogP) is 2.12. The lowest BCUT2D eigenvalue weighted by atomic mass is 10.2. The molecule has 0 amide bonds. The Morgan fingerprint density at radius 1 is 1.00 bits per heavy atom. The minimum Gasteiger partial charge on any atom is -0.481 e. The fraction of sp³-hybridized carbons (Fsp3) is 0.500. The molecule has 1 saturated heterocycles. The Morgan fingerprint density at radius 2 is 1.55 bits per heavy atom.